The fraction of sp³-hybridized carbons (Fsp3) is 0.281. The number of rotatable bonds is 12. The minimum atomic E-state index is -0.562. The molecule has 0 bridgehead atoms. The second kappa shape index (κ2) is 13.9. The average molecular weight is 600 g/mol. The Labute approximate surface area is 254 Å². The summed E-state index contributed by atoms with van der Waals surface area (Å²) in [6.45, 7) is 6.76. The van der Waals surface area contributed by atoms with Crippen molar-refractivity contribution in [3.05, 3.63) is 90.6 Å². The van der Waals surface area contributed by atoms with E-state index < -0.39 is 11.7 Å². The lowest BCUT2D eigenvalue weighted by atomic mass is 10.2. The Morgan fingerprint density at radius 3 is 2.55 bits per heavy atom. The van der Waals surface area contributed by atoms with Gasteiger partial charge in [0.2, 0.25) is 0 Å². The summed E-state index contributed by atoms with van der Waals surface area (Å²) in [7, 11) is 0. The monoisotopic (exact) mass is 599 g/mol. The molecule has 44 heavy (non-hydrogen) atoms. The van der Waals surface area contributed by atoms with Gasteiger partial charge in [0, 0.05) is 35.6 Å². The van der Waals surface area contributed by atoms with Crippen LogP contribution in [0.15, 0.2) is 79.3 Å². The highest BCUT2D eigenvalue weighted by molar-refractivity contribution is 5.92. The van der Waals surface area contributed by atoms with Crippen molar-refractivity contribution in [3.8, 4) is 17.3 Å². The number of para-hydroxylation sites is 1. The van der Waals surface area contributed by atoms with E-state index in [4.69, 9.17) is 24.3 Å². The molecule has 0 fully saturated rings. The molecule has 0 aliphatic heterocycles. The third kappa shape index (κ3) is 8.04. The predicted molar refractivity (Wildman–Crippen MR) is 164 cm³/mol. The molecule has 2 aromatic carbocycles. The number of amides is 1. The second-order valence-corrected chi connectivity index (χ2v) is 10.8. The molecule has 3 heterocycles. The van der Waals surface area contributed by atoms with Crippen LogP contribution < -0.4 is 15.4 Å². The number of anilines is 2. The highest BCUT2D eigenvalue weighted by atomic mass is 19.1. The van der Waals surface area contributed by atoms with Crippen molar-refractivity contribution in [2.45, 2.75) is 32.9 Å². The van der Waals surface area contributed by atoms with E-state index in [1.54, 1.807) is 62.2 Å². The van der Waals surface area contributed by atoms with Gasteiger partial charge in [0.05, 0.1) is 31.5 Å². The number of fused-ring (bicyclic) bond motifs is 1. The molecule has 0 saturated carbocycles. The number of nitrogens with zero attached hydrogens (tertiary/aromatic N) is 5. The third-order valence-corrected chi connectivity index (χ3v) is 6.25. The van der Waals surface area contributed by atoms with Crippen molar-refractivity contribution in [2.75, 3.05) is 31.7 Å². The highest BCUT2D eigenvalue weighted by Gasteiger charge is 2.19. The zero-order chi connectivity index (χ0) is 30.9. The maximum absolute atomic E-state index is 14.5. The zero-order valence-corrected chi connectivity index (χ0v) is 24.8. The standard InChI is InChI=1S/C32H34FN7O4/c1-32(2,3)44-31(41)35-16-17-42-18-19-43-27-20-36-30(38-29(27)37-23-12-14-34-15-13-23)28-24-9-5-7-11-26(24)40(39-28)21-22-8-4-6-10-25(22)33/h4-15,20H,16-19,21H2,1-3H3,(H,35,41)(H,34,36,37,38). The van der Waals surface area contributed by atoms with Crippen molar-refractivity contribution < 1.29 is 23.4 Å². The van der Waals surface area contributed by atoms with Gasteiger partial charge in [-0.25, -0.2) is 19.2 Å². The van der Waals surface area contributed by atoms with Gasteiger partial charge < -0.3 is 24.8 Å². The van der Waals surface area contributed by atoms with Crippen LogP contribution in [0.2, 0.25) is 0 Å². The SMILES string of the molecule is CC(C)(C)OC(=O)NCCOCCOc1cnc(-c2nn(Cc3ccccc3F)c3ccccc23)nc1Nc1ccncc1. The van der Waals surface area contributed by atoms with E-state index in [2.05, 4.69) is 20.6 Å². The fourth-order valence-electron chi connectivity index (χ4n) is 4.31. The summed E-state index contributed by atoms with van der Waals surface area (Å²) in [5, 5.41) is 11.6. The normalized spacial score (nSPS) is 11.4. The highest BCUT2D eigenvalue weighted by Crippen LogP contribution is 2.31. The Morgan fingerprint density at radius 2 is 1.75 bits per heavy atom. The van der Waals surface area contributed by atoms with Gasteiger partial charge in [0.1, 0.15) is 23.7 Å². The molecule has 12 heteroatoms. The van der Waals surface area contributed by atoms with Gasteiger partial charge >= 0.3 is 6.09 Å². The molecule has 3 aromatic heterocycles. The van der Waals surface area contributed by atoms with Crippen LogP contribution in [0.25, 0.3) is 22.4 Å². The van der Waals surface area contributed by atoms with Crippen LogP contribution in [0.3, 0.4) is 0 Å². The van der Waals surface area contributed by atoms with Gasteiger partial charge in [-0.05, 0) is 45.0 Å². The van der Waals surface area contributed by atoms with Gasteiger partial charge in [0.25, 0.3) is 0 Å². The smallest absolute Gasteiger partial charge is 0.407 e. The molecule has 5 rings (SSSR count). The number of ether oxygens (including phenoxy) is 3. The van der Waals surface area contributed by atoms with E-state index in [0.717, 1.165) is 16.6 Å². The summed E-state index contributed by atoms with van der Waals surface area (Å²) in [5.41, 5.74) is 2.11. The Morgan fingerprint density at radius 1 is 0.977 bits per heavy atom. The number of nitrogens with one attached hydrogen (secondary N) is 2. The van der Waals surface area contributed by atoms with Gasteiger partial charge in [-0.2, -0.15) is 5.10 Å². The molecule has 2 N–H and O–H groups in total. The van der Waals surface area contributed by atoms with Crippen molar-refractivity contribution in [1.29, 1.82) is 0 Å². The van der Waals surface area contributed by atoms with Crippen LogP contribution in [-0.4, -0.2) is 62.8 Å². The van der Waals surface area contributed by atoms with E-state index in [1.807, 2.05) is 36.4 Å². The minimum Gasteiger partial charge on any atom is -0.486 e. The number of hydrogen-bond donors (Lipinski definition) is 2. The first-order valence-electron chi connectivity index (χ1n) is 14.2. The van der Waals surface area contributed by atoms with Crippen LogP contribution >= 0.6 is 0 Å². The summed E-state index contributed by atoms with van der Waals surface area (Å²) in [4.78, 5) is 25.2. The lowest BCUT2D eigenvalue weighted by Gasteiger charge is -2.19. The molecule has 0 radical (unpaired) electrons. The van der Waals surface area contributed by atoms with Crippen LogP contribution in [0.4, 0.5) is 20.7 Å². The van der Waals surface area contributed by atoms with Crippen LogP contribution in [-0.2, 0) is 16.0 Å². The number of halogens is 1. The minimum absolute atomic E-state index is 0.223. The number of alkyl carbamates (subject to hydrolysis) is 1. The first kappa shape index (κ1) is 30.4. The Kier molecular flexibility index (Phi) is 9.60. The lowest BCUT2D eigenvalue weighted by Crippen LogP contribution is -2.34. The van der Waals surface area contributed by atoms with Crippen molar-refractivity contribution >= 4 is 28.5 Å². The number of hydrogen-bond acceptors (Lipinski definition) is 9. The third-order valence-electron chi connectivity index (χ3n) is 6.25. The van der Waals surface area contributed by atoms with Gasteiger partial charge in [-0.15, -0.1) is 0 Å². The van der Waals surface area contributed by atoms with Crippen LogP contribution in [0.1, 0.15) is 26.3 Å². The number of pyridine rings is 1. The Bertz CT molecular complexity index is 1710. The van der Waals surface area contributed by atoms with Gasteiger partial charge in [-0.1, -0.05) is 36.4 Å². The average Bonchev–Trinajstić information content (AvgIpc) is 3.36. The number of carbonyl (C=O) groups excluding carboxylic acids is 1. The van der Waals surface area contributed by atoms with Crippen molar-refractivity contribution in [1.82, 2.24) is 30.0 Å². The van der Waals surface area contributed by atoms with Crippen LogP contribution in [0, 0.1) is 5.82 Å². The first-order valence-corrected chi connectivity index (χ1v) is 14.2. The largest absolute Gasteiger partial charge is 0.486 e. The van der Waals surface area contributed by atoms with Gasteiger partial charge in [0.15, 0.2) is 17.4 Å². The van der Waals surface area contributed by atoms with E-state index in [-0.39, 0.29) is 25.6 Å². The van der Waals surface area contributed by atoms with Crippen molar-refractivity contribution in [2.24, 2.45) is 0 Å². The van der Waals surface area contributed by atoms with Crippen molar-refractivity contribution in [3.63, 3.8) is 0 Å². The van der Waals surface area contributed by atoms with Gasteiger partial charge in [-0.3, -0.25) is 9.67 Å². The molecule has 11 nitrogen and oxygen atoms in total. The van der Waals surface area contributed by atoms with E-state index >= 15 is 0 Å². The molecule has 0 aliphatic carbocycles. The molecule has 1 amide bonds. The van der Waals surface area contributed by atoms with Crippen LogP contribution in [0.5, 0.6) is 5.75 Å². The summed E-state index contributed by atoms with van der Waals surface area (Å²) in [6, 6.07) is 18.0. The maximum atomic E-state index is 14.5. The number of aromatic nitrogens is 5. The molecule has 0 saturated heterocycles. The zero-order valence-electron chi connectivity index (χ0n) is 24.8. The quantitative estimate of drug-likeness (QED) is 0.173. The molecular formula is C32H34FN7O4. The summed E-state index contributed by atoms with van der Waals surface area (Å²) in [6.07, 6.45) is 4.43. The molecule has 0 atom stereocenters. The van der Waals surface area contributed by atoms with E-state index in [9.17, 15) is 9.18 Å². The summed E-state index contributed by atoms with van der Waals surface area (Å²) >= 11 is 0. The Balaban J connectivity index is 1.31. The molecule has 0 aliphatic rings. The predicted octanol–water partition coefficient (Wildman–Crippen LogP) is 5.74. The number of benzene rings is 2. The number of carbonyl (C=O) groups is 1. The van der Waals surface area contributed by atoms with E-state index in [1.165, 1.54) is 6.07 Å². The maximum Gasteiger partial charge on any atom is 0.407 e. The molecular weight excluding hydrogens is 565 g/mol. The first-order chi connectivity index (χ1) is 21.3. The molecule has 0 unspecified atom stereocenters. The fourth-order valence-corrected chi connectivity index (χ4v) is 4.31. The molecule has 228 valence electrons. The summed E-state index contributed by atoms with van der Waals surface area (Å²) < 4.78 is 33.0. The Hall–Kier alpha value is -5.10. The second-order valence-electron chi connectivity index (χ2n) is 10.8. The summed E-state index contributed by atoms with van der Waals surface area (Å²) in [5.74, 6) is 0.928. The molecule has 0 spiro atoms. The van der Waals surface area contributed by atoms with E-state index in [0.29, 0.717) is 41.8 Å². The molecule has 5 aromatic rings. The topological polar surface area (TPSA) is 125 Å². The lowest BCUT2D eigenvalue weighted by molar-refractivity contribution is 0.0489.